The van der Waals surface area contributed by atoms with Crippen LogP contribution in [0, 0.1) is 0 Å². The molecule has 0 saturated heterocycles. The van der Waals surface area contributed by atoms with Crippen LogP contribution in [0.3, 0.4) is 0 Å². The molecule has 0 aromatic heterocycles. The molecule has 0 heterocycles. The molecule has 0 fully saturated rings. The fraction of sp³-hybridized carbons (Fsp3) is 0. The Balaban J connectivity index is 1.17. The molecule has 0 unspecified atom stereocenters. The predicted octanol–water partition coefficient (Wildman–Crippen LogP) is 12.9. The third-order valence-electron chi connectivity index (χ3n) is 8.52. The van der Waals surface area contributed by atoms with Crippen LogP contribution in [-0.2, 0) is 0 Å². The van der Waals surface area contributed by atoms with E-state index < -0.39 is 0 Å². The molecule has 234 valence electrons. The second-order valence-corrected chi connectivity index (χ2v) is 11.8. The number of hydrogen-bond acceptors (Lipinski definition) is 1. The molecule has 0 saturated carbocycles. The van der Waals surface area contributed by atoms with Crippen LogP contribution in [-0.4, -0.2) is 0 Å². The van der Waals surface area contributed by atoms with E-state index in [1.165, 1.54) is 33.4 Å². The highest BCUT2D eigenvalue weighted by atomic mass is 15.1. The first-order valence-corrected chi connectivity index (χ1v) is 16.7. The van der Waals surface area contributed by atoms with Gasteiger partial charge in [0.05, 0.1) is 0 Å². The van der Waals surface area contributed by atoms with Gasteiger partial charge in [-0.3, -0.25) is 0 Å². The van der Waals surface area contributed by atoms with Crippen LogP contribution in [0.5, 0.6) is 0 Å². The minimum Gasteiger partial charge on any atom is -0.311 e. The molecule has 1 heteroatoms. The summed E-state index contributed by atoms with van der Waals surface area (Å²) < 4.78 is 0. The van der Waals surface area contributed by atoms with Crippen molar-refractivity contribution in [3.63, 3.8) is 0 Å². The maximum absolute atomic E-state index is 2.29. The maximum Gasteiger partial charge on any atom is 0.0462 e. The molecule has 7 rings (SSSR count). The quantitative estimate of drug-likeness (QED) is 0.108. The second-order valence-electron chi connectivity index (χ2n) is 11.8. The summed E-state index contributed by atoms with van der Waals surface area (Å²) in [6.45, 7) is 0. The van der Waals surface area contributed by atoms with E-state index in [2.05, 4.69) is 229 Å². The summed E-state index contributed by atoms with van der Waals surface area (Å²) in [4.78, 5) is 2.29. The molecule has 7 aromatic rings. The zero-order valence-electron chi connectivity index (χ0n) is 27.3. The summed E-state index contributed by atoms with van der Waals surface area (Å²) in [5.74, 6) is 0. The molecule has 0 spiro atoms. The molecule has 0 atom stereocenters. The monoisotopic (exact) mass is 627 g/mol. The van der Waals surface area contributed by atoms with Gasteiger partial charge in [-0.15, -0.1) is 0 Å². The smallest absolute Gasteiger partial charge is 0.0462 e. The van der Waals surface area contributed by atoms with E-state index in [0.717, 1.165) is 28.2 Å². The van der Waals surface area contributed by atoms with Gasteiger partial charge in [-0.1, -0.05) is 182 Å². The highest BCUT2D eigenvalue weighted by molar-refractivity contribution is 5.92. The van der Waals surface area contributed by atoms with Gasteiger partial charge in [0.15, 0.2) is 0 Å². The predicted molar refractivity (Wildman–Crippen MR) is 210 cm³/mol. The van der Waals surface area contributed by atoms with Crippen LogP contribution in [0.15, 0.2) is 212 Å². The molecule has 0 aliphatic carbocycles. The van der Waals surface area contributed by atoms with Gasteiger partial charge in [-0.25, -0.2) is 0 Å². The van der Waals surface area contributed by atoms with Crippen LogP contribution < -0.4 is 4.90 Å². The Morgan fingerprint density at radius 1 is 0.327 bits per heavy atom. The number of allylic oxidation sites excluding steroid dienone is 2. The van der Waals surface area contributed by atoms with Crippen molar-refractivity contribution in [1.82, 2.24) is 0 Å². The minimum absolute atomic E-state index is 1.11. The third kappa shape index (κ3) is 7.76. The first-order chi connectivity index (χ1) is 24.3. The van der Waals surface area contributed by atoms with E-state index in [1.807, 2.05) is 0 Å². The van der Waals surface area contributed by atoms with Crippen LogP contribution in [0.4, 0.5) is 17.1 Å². The number of para-hydroxylation sites is 2. The molecule has 7 aromatic carbocycles. The van der Waals surface area contributed by atoms with Crippen molar-refractivity contribution >= 4 is 40.4 Å². The molecule has 0 radical (unpaired) electrons. The lowest BCUT2D eigenvalue weighted by molar-refractivity contribution is 1.28. The van der Waals surface area contributed by atoms with Gasteiger partial charge in [0.1, 0.15) is 0 Å². The molecular formula is C48H37N. The van der Waals surface area contributed by atoms with Crippen LogP contribution in [0.1, 0.15) is 33.4 Å². The lowest BCUT2D eigenvalue weighted by Gasteiger charge is -2.25. The van der Waals surface area contributed by atoms with Crippen molar-refractivity contribution in [2.75, 3.05) is 4.90 Å². The van der Waals surface area contributed by atoms with Crippen molar-refractivity contribution in [2.24, 2.45) is 0 Å². The SMILES string of the molecule is C(=Cc1ccc(C(=Cc2ccc(N(c3ccccc3)c3ccccc3)cc2)c2ccccc2)cc1)C=C(c1ccccc1)c1ccccc1. The summed E-state index contributed by atoms with van der Waals surface area (Å²) in [5, 5.41) is 0. The highest BCUT2D eigenvalue weighted by Crippen LogP contribution is 2.35. The molecule has 1 nitrogen and oxygen atoms in total. The second kappa shape index (κ2) is 15.4. The van der Waals surface area contributed by atoms with Gasteiger partial charge in [0.25, 0.3) is 0 Å². The Morgan fingerprint density at radius 3 is 1.16 bits per heavy atom. The maximum atomic E-state index is 2.29. The molecule has 49 heavy (non-hydrogen) atoms. The van der Waals surface area contributed by atoms with E-state index in [1.54, 1.807) is 0 Å². The lowest BCUT2D eigenvalue weighted by Crippen LogP contribution is -2.09. The summed E-state index contributed by atoms with van der Waals surface area (Å²) in [6.07, 6.45) is 8.81. The van der Waals surface area contributed by atoms with Gasteiger partial charge < -0.3 is 4.90 Å². The van der Waals surface area contributed by atoms with E-state index >= 15 is 0 Å². The van der Waals surface area contributed by atoms with E-state index in [4.69, 9.17) is 0 Å². The molecular weight excluding hydrogens is 591 g/mol. The Kier molecular flexibility index (Phi) is 9.82. The van der Waals surface area contributed by atoms with E-state index in [0.29, 0.717) is 0 Å². The van der Waals surface area contributed by atoms with E-state index in [9.17, 15) is 0 Å². The summed E-state index contributed by atoms with van der Waals surface area (Å²) in [6, 6.07) is 70.4. The van der Waals surface area contributed by atoms with Crippen LogP contribution in [0.25, 0.3) is 23.3 Å². The van der Waals surface area contributed by atoms with Crippen molar-refractivity contribution in [1.29, 1.82) is 0 Å². The first-order valence-electron chi connectivity index (χ1n) is 16.7. The Morgan fingerprint density at radius 2 is 0.694 bits per heavy atom. The molecule has 0 aliphatic rings. The largest absolute Gasteiger partial charge is 0.311 e. The number of benzene rings is 7. The zero-order chi connectivity index (χ0) is 33.1. The van der Waals surface area contributed by atoms with E-state index in [-0.39, 0.29) is 0 Å². The summed E-state index contributed by atoms with van der Waals surface area (Å²) >= 11 is 0. The Hall–Kier alpha value is -6.44. The standard InChI is InChI=1S/C48H37N/c1-6-18-40(19-7-1)47(41-20-8-2-9-21-41)28-16-17-38-29-33-43(34-30-38)48(42-22-10-3-11-23-42)37-39-31-35-46(36-32-39)49(44-24-12-4-13-25-44)45-26-14-5-15-27-45/h1-37H. The van der Waals surface area contributed by atoms with Gasteiger partial charge in [-0.05, 0) is 87.0 Å². The summed E-state index contributed by atoms with van der Waals surface area (Å²) in [5.41, 5.74) is 12.8. The number of rotatable bonds is 10. The van der Waals surface area contributed by atoms with Crippen molar-refractivity contribution < 1.29 is 0 Å². The molecule has 0 aliphatic heterocycles. The Bertz CT molecular complexity index is 2070. The average Bonchev–Trinajstić information content (AvgIpc) is 3.18. The number of hydrogen-bond donors (Lipinski definition) is 0. The van der Waals surface area contributed by atoms with Crippen molar-refractivity contribution in [3.05, 3.63) is 246 Å². The lowest BCUT2D eigenvalue weighted by atomic mass is 9.94. The number of nitrogens with zero attached hydrogens (tertiary/aromatic N) is 1. The topological polar surface area (TPSA) is 3.24 Å². The van der Waals surface area contributed by atoms with Crippen molar-refractivity contribution in [2.45, 2.75) is 0 Å². The van der Waals surface area contributed by atoms with Crippen LogP contribution >= 0.6 is 0 Å². The molecule has 0 bridgehead atoms. The van der Waals surface area contributed by atoms with Gasteiger partial charge in [-0.2, -0.15) is 0 Å². The van der Waals surface area contributed by atoms with Gasteiger partial charge in [0, 0.05) is 17.1 Å². The van der Waals surface area contributed by atoms with Gasteiger partial charge in [0.2, 0.25) is 0 Å². The number of anilines is 3. The third-order valence-corrected chi connectivity index (χ3v) is 8.52. The average molecular weight is 628 g/mol. The fourth-order valence-corrected chi connectivity index (χ4v) is 6.06. The summed E-state index contributed by atoms with van der Waals surface area (Å²) in [7, 11) is 0. The minimum atomic E-state index is 1.11. The fourth-order valence-electron chi connectivity index (χ4n) is 6.06. The molecule has 0 N–H and O–H groups in total. The zero-order valence-corrected chi connectivity index (χ0v) is 27.3. The first kappa shape index (κ1) is 31.2. The normalized spacial score (nSPS) is 11.3. The van der Waals surface area contributed by atoms with Crippen molar-refractivity contribution in [3.8, 4) is 0 Å². The van der Waals surface area contributed by atoms with Gasteiger partial charge >= 0.3 is 0 Å². The molecule has 0 amide bonds. The highest BCUT2D eigenvalue weighted by Gasteiger charge is 2.12. The Labute approximate surface area is 290 Å². The van der Waals surface area contributed by atoms with Crippen LogP contribution in [0.2, 0.25) is 0 Å².